The van der Waals surface area contributed by atoms with E-state index in [1.807, 2.05) is 0 Å². The summed E-state index contributed by atoms with van der Waals surface area (Å²) in [6.07, 6.45) is 5.34. The summed E-state index contributed by atoms with van der Waals surface area (Å²) >= 11 is 0. The van der Waals surface area contributed by atoms with Crippen LogP contribution in [0.2, 0.25) is 0 Å². The van der Waals surface area contributed by atoms with Gasteiger partial charge in [-0.05, 0) is 69.5 Å². The molecule has 1 aliphatic carbocycles. The van der Waals surface area contributed by atoms with Gasteiger partial charge < -0.3 is 15.1 Å². The molecule has 1 saturated carbocycles. The molecule has 0 amide bonds. The third kappa shape index (κ3) is 3.78. The minimum Gasteiger partial charge on any atom is -0.370 e. The number of nitrogens with one attached hydrogen (secondary N) is 1. The van der Waals surface area contributed by atoms with E-state index < -0.39 is 0 Å². The molecule has 1 atom stereocenters. The zero-order chi connectivity index (χ0) is 14.8. The Morgan fingerprint density at radius 2 is 2.10 bits per heavy atom. The van der Waals surface area contributed by atoms with Gasteiger partial charge in [0.25, 0.3) is 0 Å². The van der Waals surface area contributed by atoms with E-state index in [1.54, 1.807) is 0 Å². The Bertz CT molecular complexity index is 481. The minimum atomic E-state index is 0.651. The van der Waals surface area contributed by atoms with Gasteiger partial charge >= 0.3 is 0 Å². The first-order chi connectivity index (χ1) is 10.1. The van der Waals surface area contributed by atoms with Crippen molar-refractivity contribution in [1.29, 1.82) is 0 Å². The van der Waals surface area contributed by atoms with Crippen molar-refractivity contribution in [3.63, 3.8) is 0 Å². The first-order valence-corrected chi connectivity index (χ1v) is 8.38. The highest BCUT2D eigenvalue weighted by molar-refractivity contribution is 5.51. The Labute approximate surface area is 129 Å². The SMILES string of the molecule is Cc1cc(N(C)C2CCCN(C)C2)ccc1CNC1CC1. The van der Waals surface area contributed by atoms with E-state index in [4.69, 9.17) is 0 Å². The van der Waals surface area contributed by atoms with Crippen LogP contribution in [0, 0.1) is 6.92 Å². The first-order valence-electron chi connectivity index (χ1n) is 8.38. The minimum absolute atomic E-state index is 0.651. The van der Waals surface area contributed by atoms with E-state index in [0.717, 1.165) is 12.6 Å². The molecule has 1 aromatic rings. The average Bonchev–Trinajstić information content (AvgIpc) is 3.29. The number of nitrogens with zero attached hydrogens (tertiary/aromatic N) is 2. The summed E-state index contributed by atoms with van der Waals surface area (Å²) in [5.41, 5.74) is 4.22. The Hall–Kier alpha value is -1.06. The van der Waals surface area contributed by atoms with Gasteiger partial charge in [-0.25, -0.2) is 0 Å². The van der Waals surface area contributed by atoms with Crippen LogP contribution in [0.5, 0.6) is 0 Å². The van der Waals surface area contributed by atoms with Gasteiger partial charge in [0.2, 0.25) is 0 Å². The molecule has 2 aliphatic rings. The molecule has 1 aliphatic heterocycles. The highest BCUT2D eigenvalue weighted by Gasteiger charge is 2.22. The van der Waals surface area contributed by atoms with Crippen LogP contribution in [0.3, 0.4) is 0 Å². The van der Waals surface area contributed by atoms with E-state index in [1.165, 1.54) is 55.6 Å². The summed E-state index contributed by atoms with van der Waals surface area (Å²) in [6, 6.07) is 8.40. The van der Waals surface area contributed by atoms with E-state index in [9.17, 15) is 0 Å². The van der Waals surface area contributed by atoms with Crippen molar-refractivity contribution in [3.8, 4) is 0 Å². The summed E-state index contributed by atoms with van der Waals surface area (Å²) in [4.78, 5) is 4.92. The Morgan fingerprint density at radius 1 is 1.29 bits per heavy atom. The third-order valence-corrected chi connectivity index (χ3v) is 5.04. The van der Waals surface area contributed by atoms with Gasteiger partial charge in [-0.2, -0.15) is 0 Å². The van der Waals surface area contributed by atoms with Crippen molar-refractivity contribution < 1.29 is 0 Å². The number of likely N-dealkylation sites (N-methyl/N-ethyl adjacent to an activating group) is 2. The highest BCUT2D eigenvalue weighted by Crippen LogP contribution is 2.25. The first kappa shape index (κ1) is 14.9. The van der Waals surface area contributed by atoms with E-state index >= 15 is 0 Å². The van der Waals surface area contributed by atoms with Crippen LogP contribution >= 0.6 is 0 Å². The number of likely N-dealkylation sites (tertiary alicyclic amines) is 1. The Morgan fingerprint density at radius 3 is 2.76 bits per heavy atom. The molecule has 3 nitrogen and oxygen atoms in total. The van der Waals surface area contributed by atoms with Crippen molar-refractivity contribution in [2.45, 2.75) is 51.2 Å². The smallest absolute Gasteiger partial charge is 0.0414 e. The highest BCUT2D eigenvalue weighted by atomic mass is 15.2. The molecule has 3 heteroatoms. The lowest BCUT2D eigenvalue weighted by Crippen LogP contribution is -2.45. The third-order valence-electron chi connectivity index (χ3n) is 5.04. The van der Waals surface area contributed by atoms with Gasteiger partial charge in [-0.3, -0.25) is 0 Å². The van der Waals surface area contributed by atoms with Crippen molar-refractivity contribution in [3.05, 3.63) is 29.3 Å². The molecule has 1 N–H and O–H groups in total. The monoisotopic (exact) mass is 287 g/mol. The number of rotatable bonds is 5. The van der Waals surface area contributed by atoms with Crippen LogP contribution in [-0.2, 0) is 6.54 Å². The van der Waals surface area contributed by atoms with Crippen molar-refractivity contribution in [2.75, 3.05) is 32.1 Å². The molecule has 3 rings (SSSR count). The Kier molecular flexibility index (Phi) is 4.51. The Balaban J connectivity index is 1.65. The van der Waals surface area contributed by atoms with E-state index in [-0.39, 0.29) is 0 Å². The fraction of sp³-hybridized carbons (Fsp3) is 0.667. The van der Waals surface area contributed by atoms with Gasteiger partial charge in [0.15, 0.2) is 0 Å². The topological polar surface area (TPSA) is 18.5 Å². The second kappa shape index (κ2) is 6.37. The lowest BCUT2D eigenvalue weighted by molar-refractivity contribution is 0.248. The van der Waals surface area contributed by atoms with Crippen LogP contribution in [0.15, 0.2) is 18.2 Å². The maximum absolute atomic E-state index is 3.61. The maximum Gasteiger partial charge on any atom is 0.0414 e. The summed E-state index contributed by atoms with van der Waals surface area (Å²) < 4.78 is 0. The molecule has 1 aromatic carbocycles. The largest absolute Gasteiger partial charge is 0.370 e. The van der Waals surface area contributed by atoms with Crippen molar-refractivity contribution in [2.24, 2.45) is 0 Å². The number of anilines is 1. The molecule has 2 fully saturated rings. The predicted molar refractivity (Wildman–Crippen MR) is 90.0 cm³/mol. The maximum atomic E-state index is 3.61. The van der Waals surface area contributed by atoms with Crippen LogP contribution in [0.4, 0.5) is 5.69 Å². The number of benzene rings is 1. The van der Waals surface area contributed by atoms with Crippen LogP contribution in [0.25, 0.3) is 0 Å². The van der Waals surface area contributed by atoms with E-state index in [2.05, 4.69) is 54.3 Å². The molecule has 1 unspecified atom stereocenters. The molecular weight excluding hydrogens is 258 g/mol. The van der Waals surface area contributed by atoms with Gasteiger partial charge in [0.05, 0.1) is 0 Å². The molecule has 0 spiro atoms. The van der Waals surface area contributed by atoms with Crippen LogP contribution in [0.1, 0.15) is 36.8 Å². The molecule has 0 aromatic heterocycles. The van der Waals surface area contributed by atoms with Crippen molar-refractivity contribution >= 4 is 5.69 Å². The molecule has 21 heavy (non-hydrogen) atoms. The average molecular weight is 287 g/mol. The summed E-state index contributed by atoms with van der Waals surface area (Å²) in [5, 5.41) is 3.61. The predicted octanol–water partition coefficient (Wildman–Crippen LogP) is 2.78. The second-order valence-corrected chi connectivity index (χ2v) is 6.94. The zero-order valence-electron chi connectivity index (χ0n) is 13.7. The number of hydrogen-bond donors (Lipinski definition) is 1. The van der Waals surface area contributed by atoms with Gasteiger partial charge in [0.1, 0.15) is 0 Å². The molecule has 116 valence electrons. The zero-order valence-corrected chi connectivity index (χ0v) is 13.7. The quantitative estimate of drug-likeness (QED) is 0.898. The fourth-order valence-electron chi connectivity index (χ4n) is 3.31. The number of hydrogen-bond acceptors (Lipinski definition) is 3. The molecule has 0 bridgehead atoms. The lowest BCUT2D eigenvalue weighted by atomic mass is 10.0. The molecule has 1 heterocycles. The molecule has 0 radical (unpaired) electrons. The van der Waals surface area contributed by atoms with Crippen LogP contribution < -0.4 is 10.2 Å². The summed E-state index contributed by atoms with van der Waals surface area (Å²) in [5.74, 6) is 0. The second-order valence-electron chi connectivity index (χ2n) is 6.94. The summed E-state index contributed by atoms with van der Waals surface area (Å²) in [7, 11) is 4.48. The van der Waals surface area contributed by atoms with Gasteiger partial charge in [-0.1, -0.05) is 6.07 Å². The lowest BCUT2D eigenvalue weighted by Gasteiger charge is -2.37. The normalized spacial score (nSPS) is 23.3. The fourth-order valence-corrected chi connectivity index (χ4v) is 3.31. The van der Waals surface area contributed by atoms with Crippen molar-refractivity contribution in [1.82, 2.24) is 10.2 Å². The van der Waals surface area contributed by atoms with E-state index in [0.29, 0.717) is 6.04 Å². The van der Waals surface area contributed by atoms with Gasteiger partial charge in [0, 0.05) is 37.9 Å². The number of aryl methyl sites for hydroxylation is 1. The summed E-state index contributed by atoms with van der Waals surface area (Å²) in [6.45, 7) is 5.69. The van der Waals surface area contributed by atoms with Gasteiger partial charge in [-0.15, -0.1) is 0 Å². The molecular formula is C18H29N3. The molecule has 1 saturated heterocycles. The number of piperidine rings is 1. The standard InChI is InChI=1S/C18H29N3/c1-14-11-17(9-6-15(14)12-19-16-7-8-16)21(3)18-5-4-10-20(2)13-18/h6,9,11,16,18-19H,4-5,7-8,10,12-13H2,1-3H3. The van der Waals surface area contributed by atoms with Crippen LogP contribution in [-0.4, -0.2) is 44.2 Å².